The number of amides is 1. The quantitative estimate of drug-likeness (QED) is 0.878. The summed E-state index contributed by atoms with van der Waals surface area (Å²) in [5.74, 6) is 1.33. The molecule has 3 nitrogen and oxygen atoms in total. The zero-order valence-corrected chi connectivity index (χ0v) is 13.1. The van der Waals surface area contributed by atoms with Gasteiger partial charge in [0, 0.05) is 18.4 Å². The molecule has 3 unspecified atom stereocenters. The van der Waals surface area contributed by atoms with Crippen LogP contribution >= 0.6 is 0 Å². The molecule has 0 aromatic heterocycles. The second-order valence-corrected chi connectivity index (χ2v) is 6.84. The summed E-state index contributed by atoms with van der Waals surface area (Å²) in [6.07, 6.45) is 3.88. The van der Waals surface area contributed by atoms with Gasteiger partial charge in [-0.3, -0.25) is 4.79 Å². The Kier molecular flexibility index (Phi) is 4.77. The number of rotatable bonds is 5. The SMILES string of the molecule is CC(CC(=O)NC1CC1c1cccc(F)c1)C1CCNCC1. The molecule has 2 N–H and O–H groups in total. The predicted octanol–water partition coefficient (Wildman–Crippen LogP) is 2.82. The molecule has 120 valence electrons. The number of carbonyl (C=O) groups excluding carboxylic acids is 1. The van der Waals surface area contributed by atoms with E-state index in [0.29, 0.717) is 18.3 Å². The third-order valence-electron chi connectivity index (χ3n) is 5.11. The van der Waals surface area contributed by atoms with Gasteiger partial charge in [0.15, 0.2) is 0 Å². The van der Waals surface area contributed by atoms with Crippen LogP contribution in [-0.4, -0.2) is 25.0 Å². The smallest absolute Gasteiger partial charge is 0.220 e. The number of benzene rings is 1. The van der Waals surface area contributed by atoms with Crippen molar-refractivity contribution in [1.82, 2.24) is 10.6 Å². The third kappa shape index (κ3) is 3.86. The van der Waals surface area contributed by atoms with E-state index in [1.807, 2.05) is 6.07 Å². The summed E-state index contributed by atoms with van der Waals surface area (Å²) in [4.78, 5) is 12.2. The van der Waals surface area contributed by atoms with Crippen LogP contribution < -0.4 is 10.6 Å². The van der Waals surface area contributed by atoms with Crippen LogP contribution in [-0.2, 0) is 4.79 Å². The minimum Gasteiger partial charge on any atom is -0.353 e. The Morgan fingerprint density at radius 1 is 1.41 bits per heavy atom. The first-order valence-corrected chi connectivity index (χ1v) is 8.39. The Morgan fingerprint density at radius 2 is 2.18 bits per heavy atom. The number of halogens is 1. The molecule has 2 aliphatic rings. The van der Waals surface area contributed by atoms with Gasteiger partial charge < -0.3 is 10.6 Å². The third-order valence-corrected chi connectivity index (χ3v) is 5.11. The van der Waals surface area contributed by atoms with Gasteiger partial charge in [-0.2, -0.15) is 0 Å². The molecule has 0 spiro atoms. The fourth-order valence-corrected chi connectivity index (χ4v) is 3.60. The fraction of sp³-hybridized carbons (Fsp3) is 0.611. The van der Waals surface area contributed by atoms with Crippen LogP contribution in [0.1, 0.15) is 44.1 Å². The Hall–Kier alpha value is -1.42. The summed E-state index contributed by atoms with van der Waals surface area (Å²) in [6.45, 7) is 4.33. The lowest BCUT2D eigenvalue weighted by atomic mass is 9.84. The average Bonchev–Trinajstić information content (AvgIpc) is 3.27. The summed E-state index contributed by atoms with van der Waals surface area (Å²) in [5, 5.41) is 6.48. The van der Waals surface area contributed by atoms with Crippen molar-refractivity contribution >= 4 is 5.91 Å². The molecule has 0 radical (unpaired) electrons. The summed E-state index contributed by atoms with van der Waals surface area (Å²) in [5.41, 5.74) is 0.997. The predicted molar refractivity (Wildman–Crippen MR) is 85.1 cm³/mol. The Labute approximate surface area is 131 Å². The van der Waals surface area contributed by atoms with Crippen molar-refractivity contribution in [2.24, 2.45) is 11.8 Å². The van der Waals surface area contributed by atoms with E-state index in [-0.39, 0.29) is 23.7 Å². The highest BCUT2D eigenvalue weighted by molar-refractivity contribution is 5.77. The zero-order chi connectivity index (χ0) is 15.5. The summed E-state index contributed by atoms with van der Waals surface area (Å²) in [6, 6.07) is 6.90. The fourth-order valence-electron chi connectivity index (χ4n) is 3.60. The highest BCUT2D eigenvalue weighted by atomic mass is 19.1. The maximum Gasteiger partial charge on any atom is 0.220 e. The van der Waals surface area contributed by atoms with Crippen LogP contribution in [0.3, 0.4) is 0 Å². The van der Waals surface area contributed by atoms with Crippen molar-refractivity contribution < 1.29 is 9.18 Å². The van der Waals surface area contributed by atoms with Crippen molar-refractivity contribution in [3.63, 3.8) is 0 Å². The molecule has 1 aromatic carbocycles. The number of hydrogen-bond acceptors (Lipinski definition) is 2. The largest absolute Gasteiger partial charge is 0.353 e. The molecule has 1 saturated heterocycles. The Bertz CT molecular complexity index is 528. The first kappa shape index (κ1) is 15.5. The van der Waals surface area contributed by atoms with Gasteiger partial charge >= 0.3 is 0 Å². The van der Waals surface area contributed by atoms with E-state index in [1.165, 1.54) is 18.9 Å². The Morgan fingerprint density at radius 3 is 2.91 bits per heavy atom. The van der Waals surface area contributed by atoms with E-state index >= 15 is 0 Å². The van der Waals surface area contributed by atoms with Crippen LogP contribution in [0.25, 0.3) is 0 Å². The molecule has 1 aliphatic heterocycles. The highest BCUT2D eigenvalue weighted by Gasteiger charge is 2.39. The van der Waals surface area contributed by atoms with Crippen molar-refractivity contribution in [3.05, 3.63) is 35.6 Å². The van der Waals surface area contributed by atoms with Gasteiger partial charge in [-0.1, -0.05) is 19.1 Å². The molecule has 2 fully saturated rings. The topological polar surface area (TPSA) is 41.1 Å². The average molecular weight is 304 g/mol. The van der Waals surface area contributed by atoms with E-state index < -0.39 is 0 Å². The molecule has 1 heterocycles. The van der Waals surface area contributed by atoms with Gasteiger partial charge in [-0.25, -0.2) is 4.39 Å². The van der Waals surface area contributed by atoms with Crippen molar-refractivity contribution in [1.29, 1.82) is 0 Å². The van der Waals surface area contributed by atoms with Crippen LogP contribution in [0.5, 0.6) is 0 Å². The van der Waals surface area contributed by atoms with E-state index in [2.05, 4.69) is 17.6 Å². The van der Waals surface area contributed by atoms with E-state index in [9.17, 15) is 9.18 Å². The summed E-state index contributed by atoms with van der Waals surface area (Å²) < 4.78 is 13.2. The second-order valence-electron chi connectivity index (χ2n) is 6.84. The van der Waals surface area contributed by atoms with Gasteiger partial charge in [0.05, 0.1) is 0 Å². The minimum atomic E-state index is -0.200. The molecule has 1 saturated carbocycles. The van der Waals surface area contributed by atoms with Gasteiger partial charge in [0.25, 0.3) is 0 Å². The van der Waals surface area contributed by atoms with E-state index in [4.69, 9.17) is 0 Å². The molecule has 22 heavy (non-hydrogen) atoms. The summed E-state index contributed by atoms with van der Waals surface area (Å²) >= 11 is 0. The Balaban J connectivity index is 1.45. The lowest BCUT2D eigenvalue weighted by Gasteiger charge is -2.27. The molecule has 3 rings (SSSR count). The van der Waals surface area contributed by atoms with Crippen LogP contribution in [0.2, 0.25) is 0 Å². The maximum absolute atomic E-state index is 13.2. The van der Waals surface area contributed by atoms with Crippen LogP contribution in [0.4, 0.5) is 4.39 Å². The zero-order valence-electron chi connectivity index (χ0n) is 13.1. The molecule has 4 heteroatoms. The second kappa shape index (κ2) is 6.78. The standard InChI is InChI=1S/C18H25FN2O/c1-12(13-5-7-20-8-6-13)9-18(22)21-17-11-16(17)14-3-2-4-15(19)10-14/h2-4,10,12-13,16-17,20H,5-9,11H2,1H3,(H,21,22). The first-order chi connectivity index (χ1) is 10.6. The van der Waals surface area contributed by atoms with Gasteiger partial charge in [-0.15, -0.1) is 0 Å². The molecule has 3 atom stereocenters. The van der Waals surface area contributed by atoms with Crippen molar-refractivity contribution in [3.8, 4) is 0 Å². The van der Waals surface area contributed by atoms with Gasteiger partial charge in [0.2, 0.25) is 5.91 Å². The number of piperidine rings is 1. The maximum atomic E-state index is 13.2. The van der Waals surface area contributed by atoms with Crippen molar-refractivity contribution in [2.75, 3.05) is 13.1 Å². The van der Waals surface area contributed by atoms with Crippen molar-refractivity contribution in [2.45, 2.75) is 44.6 Å². The molecule has 0 bridgehead atoms. The normalized spacial score (nSPS) is 26.5. The molecular weight excluding hydrogens is 279 g/mol. The van der Waals surface area contributed by atoms with E-state index in [1.54, 1.807) is 12.1 Å². The van der Waals surface area contributed by atoms with Crippen LogP contribution in [0.15, 0.2) is 24.3 Å². The van der Waals surface area contributed by atoms with Gasteiger partial charge in [-0.05, 0) is 61.9 Å². The highest BCUT2D eigenvalue weighted by Crippen LogP contribution is 2.41. The monoisotopic (exact) mass is 304 g/mol. The number of carbonyl (C=O) groups is 1. The minimum absolute atomic E-state index is 0.148. The molecule has 1 aromatic rings. The summed E-state index contributed by atoms with van der Waals surface area (Å²) in [7, 11) is 0. The lowest BCUT2D eigenvalue weighted by molar-refractivity contribution is -0.122. The molecular formula is C18H25FN2O. The first-order valence-electron chi connectivity index (χ1n) is 8.39. The lowest BCUT2D eigenvalue weighted by Crippen LogP contribution is -2.34. The number of nitrogens with one attached hydrogen (secondary N) is 2. The number of hydrogen-bond donors (Lipinski definition) is 2. The molecule has 1 amide bonds. The van der Waals surface area contributed by atoms with E-state index in [0.717, 1.165) is 25.1 Å². The van der Waals surface area contributed by atoms with Crippen LogP contribution in [0, 0.1) is 17.7 Å². The molecule has 1 aliphatic carbocycles. The van der Waals surface area contributed by atoms with Gasteiger partial charge in [0.1, 0.15) is 5.82 Å².